The van der Waals surface area contributed by atoms with Crippen LogP contribution in [0.25, 0.3) is 11.5 Å². The first-order chi connectivity index (χ1) is 8.40. The first kappa shape index (κ1) is 12.9. The molecular weight excluding hydrogens is 246 g/mol. The molecule has 0 radical (unpaired) electrons. The van der Waals surface area contributed by atoms with Crippen molar-refractivity contribution in [1.29, 1.82) is 0 Å². The van der Waals surface area contributed by atoms with Crippen molar-refractivity contribution < 1.29 is 0 Å². The molecule has 0 fully saturated rings. The Morgan fingerprint density at radius 3 is 2.44 bits per heavy atom. The largest absolute Gasteiger partial charge is 0.308 e. The third-order valence-corrected chi connectivity index (χ3v) is 3.26. The lowest BCUT2D eigenvalue weighted by atomic mass is 9.92. The van der Waals surface area contributed by atoms with E-state index in [1.165, 1.54) is 0 Å². The molecule has 96 valence electrons. The second-order valence-electron chi connectivity index (χ2n) is 5.11. The van der Waals surface area contributed by atoms with E-state index in [2.05, 4.69) is 41.1 Å². The average molecular weight is 263 g/mol. The molecule has 0 bridgehead atoms. The number of nitrogen functional groups attached to an aromatic ring is 1. The van der Waals surface area contributed by atoms with Gasteiger partial charge in [-0.15, -0.1) is 11.3 Å². The number of rotatable bonds is 2. The van der Waals surface area contributed by atoms with Crippen molar-refractivity contribution in [3.05, 3.63) is 22.1 Å². The predicted octanol–water partition coefficient (Wildman–Crippen LogP) is 2.49. The van der Waals surface area contributed by atoms with Crippen molar-refractivity contribution in [3.63, 3.8) is 0 Å². The van der Waals surface area contributed by atoms with Gasteiger partial charge in [0, 0.05) is 16.9 Å². The molecule has 0 aliphatic rings. The molecule has 3 N–H and O–H groups in total. The van der Waals surface area contributed by atoms with Crippen molar-refractivity contribution in [1.82, 2.24) is 15.0 Å². The van der Waals surface area contributed by atoms with Crippen LogP contribution in [0, 0.1) is 6.92 Å². The molecule has 2 heterocycles. The van der Waals surface area contributed by atoms with Gasteiger partial charge in [0.15, 0.2) is 5.82 Å². The molecule has 18 heavy (non-hydrogen) atoms. The number of hydrogen-bond donors (Lipinski definition) is 2. The lowest BCUT2D eigenvalue weighted by molar-refractivity contribution is 0.568. The third kappa shape index (κ3) is 2.65. The Hall–Kier alpha value is -1.53. The number of nitrogens with one attached hydrogen (secondary N) is 1. The first-order valence-corrected chi connectivity index (χ1v) is 6.57. The molecule has 0 aliphatic heterocycles. The SMILES string of the molecule is Cc1nc(-c2nc(NN)cc(C(C)(C)C)n2)cs1. The van der Waals surface area contributed by atoms with E-state index in [1.54, 1.807) is 11.3 Å². The van der Waals surface area contributed by atoms with Gasteiger partial charge in [-0.3, -0.25) is 0 Å². The number of aromatic nitrogens is 3. The summed E-state index contributed by atoms with van der Waals surface area (Å²) in [6, 6.07) is 1.86. The van der Waals surface area contributed by atoms with Gasteiger partial charge in [0.2, 0.25) is 0 Å². The molecule has 2 aromatic rings. The highest BCUT2D eigenvalue weighted by atomic mass is 32.1. The van der Waals surface area contributed by atoms with Gasteiger partial charge in [-0.2, -0.15) is 0 Å². The molecular formula is C12H17N5S. The van der Waals surface area contributed by atoms with Crippen LogP contribution in [0.15, 0.2) is 11.4 Å². The van der Waals surface area contributed by atoms with Crippen LogP contribution in [0.4, 0.5) is 5.82 Å². The normalized spacial score (nSPS) is 11.6. The number of hydrazine groups is 1. The monoisotopic (exact) mass is 263 g/mol. The lowest BCUT2D eigenvalue weighted by Gasteiger charge is -2.18. The van der Waals surface area contributed by atoms with E-state index < -0.39 is 0 Å². The Morgan fingerprint density at radius 2 is 1.94 bits per heavy atom. The number of nitrogens with zero attached hydrogens (tertiary/aromatic N) is 3. The van der Waals surface area contributed by atoms with Crippen LogP contribution in [0.5, 0.6) is 0 Å². The maximum absolute atomic E-state index is 5.46. The molecule has 6 heteroatoms. The number of thiazole rings is 1. The fourth-order valence-corrected chi connectivity index (χ4v) is 2.08. The number of nitrogens with two attached hydrogens (primary N) is 1. The van der Waals surface area contributed by atoms with Gasteiger partial charge < -0.3 is 5.43 Å². The summed E-state index contributed by atoms with van der Waals surface area (Å²) < 4.78 is 0. The summed E-state index contributed by atoms with van der Waals surface area (Å²) in [5, 5.41) is 2.95. The molecule has 2 rings (SSSR count). The van der Waals surface area contributed by atoms with Crippen molar-refractivity contribution in [3.8, 4) is 11.5 Å². The Balaban J connectivity index is 2.54. The minimum Gasteiger partial charge on any atom is -0.308 e. The summed E-state index contributed by atoms with van der Waals surface area (Å²) in [4.78, 5) is 13.3. The molecule has 5 nitrogen and oxygen atoms in total. The molecule has 0 aliphatic carbocycles. The molecule has 0 atom stereocenters. The van der Waals surface area contributed by atoms with E-state index in [0.29, 0.717) is 11.6 Å². The van der Waals surface area contributed by atoms with Crippen LogP contribution in [0.3, 0.4) is 0 Å². The number of hydrogen-bond acceptors (Lipinski definition) is 6. The van der Waals surface area contributed by atoms with E-state index in [1.807, 2.05) is 18.4 Å². The maximum Gasteiger partial charge on any atom is 0.181 e. The van der Waals surface area contributed by atoms with Crippen molar-refractivity contribution in [2.24, 2.45) is 5.84 Å². The summed E-state index contributed by atoms with van der Waals surface area (Å²) in [6.45, 7) is 8.27. The summed E-state index contributed by atoms with van der Waals surface area (Å²) in [5.41, 5.74) is 4.25. The first-order valence-electron chi connectivity index (χ1n) is 5.69. The highest BCUT2D eigenvalue weighted by Gasteiger charge is 2.19. The van der Waals surface area contributed by atoms with Crippen molar-refractivity contribution >= 4 is 17.2 Å². The van der Waals surface area contributed by atoms with E-state index in [4.69, 9.17) is 5.84 Å². The summed E-state index contributed by atoms with van der Waals surface area (Å²) >= 11 is 1.58. The maximum atomic E-state index is 5.46. The zero-order valence-corrected chi connectivity index (χ0v) is 11.8. The van der Waals surface area contributed by atoms with Gasteiger partial charge in [-0.05, 0) is 6.92 Å². The van der Waals surface area contributed by atoms with Crippen LogP contribution >= 0.6 is 11.3 Å². The molecule has 0 aromatic carbocycles. The number of anilines is 1. The van der Waals surface area contributed by atoms with Gasteiger partial charge >= 0.3 is 0 Å². The van der Waals surface area contributed by atoms with Crippen LogP contribution < -0.4 is 11.3 Å². The Labute approximate surface area is 110 Å². The summed E-state index contributed by atoms with van der Waals surface area (Å²) in [5.74, 6) is 6.67. The van der Waals surface area contributed by atoms with Crippen LogP contribution in [0.1, 0.15) is 31.5 Å². The molecule has 2 aromatic heterocycles. The van der Waals surface area contributed by atoms with E-state index in [-0.39, 0.29) is 5.41 Å². The second-order valence-corrected chi connectivity index (χ2v) is 6.17. The van der Waals surface area contributed by atoms with Gasteiger partial charge in [0.05, 0.1) is 10.7 Å². The Kier molecular flexibility index (Phi) is 3.32. The average Bonchev–Trinajstić information content (AvgIpc) is 2.74. The van der Waals surface area contributed by atoms with E-state index in [0.717, 1.165) is 16.4 Å². The van der Waals surface area contributed by atoms with E-state index in [9.17, 15) is 0 Å². The summed E-state index contributed by atoms with van der Waals surface area (Å²) in [7, 11) is 0. The second kappa shape index (κ2) is 4.62. The van der Waals surface area contributed by atoms with Crippen molar-refractivity contribution in [2.45, 2.75) is 33.1 Å². The minimum atomic E-state index is -0.0612. The van der Waals surface area contributed by atoms with Crippen LogP contribution in [0.2, 0.25) is 0 Å². The van der Waals surface area contributed by atoms with Crippen LogP contribution in [-0.4, -0.2) is 15.0 Å². The fourth-order valence-electron chi connectivity index (χ4n) is 1.49. The molecule has 0 saturated heterocycles. The smallest absolute Gasteiger partial charge is 0.181 e. The van der Waals surface area contributed by atoms with Gasteiger partial charge in [0.1, 0.15) is 11.5 Å². The Bertz CT molecular complexity index is 556. The Morgan fingerprint density at radius 1 is 1.22 bits per heavy atom. The number of aryl methyl sites for hydroxylation is 1. The van der Waals surface area contributed by atoms with Gasteiger partial charge in [0.25, 0.3) is 0 Å². The van der Waals surface area contributed by atoms with E-state index >= 15 is 0 Å². The molecule has 0 saturated carbocycles. The standard InChI is InChI=1S/C12H17N5S/c1-7-14-8(6-18-7)11-15-9(12(2,3)4)5-10(16-11)17-13/h5-6H,13H2,1-4H3,(H,15,16,17). The van der Waals surface area contributed by atoms with Gasteiger partial charge in [-0.1, -0.05) is 20.8 Å². The lowest BCUT2D eigenvalue weighted by Crippen LogP contribution is -2.17. The molecule has 0 unspecified atom stereocenters. The van der Waals surface area contributed by atoms with Crippen LogP contribution in [-0.2, 0) is 5.41 Å². The highest BCUT2D eigenvalue weighted by molar-refractivity contribution is 7.09. The topological polar surface area (TPSA) is 76.7 Å². The van der Waals surface area contributed by atoms with Crippen molar-refractivity contribution in [2.75, 3.05) is 5.43 Å². The summed E-state index contributed by atoms with van der Waals surface area (Å²) in [6.07, 6.45) is 0. The van der Waals surface area contributed by atoms with Gasteiger partial charge in [-0.25, -0.2) is 20.8 Å². The third-order valence-electron chi connectivity index (χ3n) is 2.49. The zero-order chi connectivity index (χ0) is 13.3. The molecule has 0 amide bonds. The minimum absolute atomic E-state index is 0.0612. The quantitative estimate of drug-likeness (QED) is 0.643. The predicted molar refractivity (Wildman–Crippen MR) is 74.4 cm³/mol. The molecule has 0 spiro atoms. The zero-order valence-electron chi connectivity index (χ0n) is 11.0. The highest BCUT2D eigenvalue weighted by Crippen LogP contribution is 2.26. The fraction of sp³-hybridized carbons (Fsp3) is 0.417.